The molecule has 0 radical (unpaired) electrons. The van der Waals surface area contributed by atoms with E-state index in [-0.39, 0.29) is 0 Å². The van der Waals surface area contributed by atoms with Crippen LogP contribution in [0.25, 0.3) is 0 Å². The summed E-state index contributed by atoms with van der Waals surface area (Å²) in [5, 5.41) is 17.3. The largest absolute Gasteiger partial charge is 0.707 e. The molecule has 0 bridgehead atoms. The van der Waals surface area contributed by atoms with Crippen molar-refractivity contribution in [1.82, 2.24) is 0 Å². The highest BCUT2D eigenvalue weighted by molar-refractivity contribution is 7.98. The molecule has 0 aliphatic carbocycles. The van der Waals surface area contributed by atoms with Crippen molar-refractivity contribution in [3.05, 3.63) is 60.2 Å². The Bertz CT molecular complexity index is 473. The molecule has 18 heavy (non-hydrogen) atoms. The Hall–Kier alpha value is -1.43. The topological polar surface area (TPSA) is 49.7 Å². The Balaban J connectivity index is 1.90. The van der Waals surface area contributed by atoms with E-state index in [4.69, 9.17) is 14.7 Å². The van der Waals surface area contributed by atoms with Gasteiger partial charge in [0.25, 0.3) is 0 Å². The highest BCUT2D eigenvalue weighted by atomic mass is 32.2. The number of hydrogen-bond acceptors (Lipinski definition) is 4. The molecule has 0 aliphatic heterocycles. The molecule has 0 aliphatic rings. The average Bonchev–Trinajstić information content (AvgIpc) is 2.38. The summed E-state index contributed by atoms with van der Waals surface area (Å²) in [7, 11) is -1.77. The molecule has 0 fully saturated rings. The van der Waals surface area contributed by atoms with Gasteiger partial charge in [0.05, 0.1) is 0 Å². The second kappa shape index (κ2) is 6.49. The molecule has 5 heteroatoms. The Morgan fingerprint density at radius 3 is 2.22 bits per heavy atom. The van der Waals surface area contributed by atoms with E-state index in [1.165, 1.54) is 5.56 Å². The standard InChI is InChI=1S/C13H13BO3S/c15-14(16)17-12-6-8-13(9-7-12)18-10-11-4-2-1-3-5-11/h1-9,15-16H,10H2. The fourth-order valence-electron chi connectivity index (χ4n) is 1.48. The minimum Gasteiger partial charge on any atom is -0.512 e. The predicted octanol–water partition coefficient (Wildman–Crippen LogP) is 2.33. The number of hydrogen-bond donors (Lipinski definition) is 2. The summed E-state index contributed by atoms with van der Waals surface area (Å²) in [5.41, 5.74) is 1.27. The summed E-state index contributed by atoms with van der Waals surface area (Å²) in [6.07, 6.45) is 0. The molecule has 0 saturated carbocycles. The first-order chi connectivity index (χ1) is 8.74. The molecule has 0 amide bonds. The van der Waals surface area contributed by atoms with E-state index < -0.39 is 7.32 Å². The zero-order valence-electron chi connectivity index (χ0n) is 9.69. The maximum Gasteiger partial charge on any atom is 0.707 e. The summed E-state index contributed by atoms with van der Waals surface area (Å²) in [6, 6.07) is 17.4. The molecule has 0 aromatic heterocycles. The van der Waals surface area contributed by atoms with Gasteiger partial charge in [0, 0.05) is 10.6 Å². The third-order valence-corrected chi connectivity index (χ3v) is 3.40. The van der Waals surface area contributed by atoms with Crippen LogP contribution in [0.2, 0.25) is 0 Å². The predicted molar refractivity (Wildman–Crippen MR) is 73.3 cm³/mol. The lowest BCUT2D eigenvalue weighted by Gasteiger charge is -2.06. The van der Waals surface area contributed by atoms with Crippen LogP contribution in [0.3, 0.4) is 0 Å². The van der Waals surface area contributed by atoms with Crippen LogP contribution in [0.4, 0.5) is 0 Å². The van der Waals surface area contributed by atoms with Gasteiger partial charge >= 0.3 is 7.32 Å². The molecule has 2 aromatic rings. The van der Waals surface area contributed by atoms with Crippen LogP contribution in [0.1, 0.15) is 5.56 Å². The summed E-state index contributed by atoms with van der Waals surface area (Å²) in [6.45, 7) is 0. The summed E-state index contributed by atoms with van der Waals surface area (Å²) in [5.74, 6) is 1.35. The highest BCUT2D eigenvalue weighted by Gasteiger charge is 2.10. The monoisotopic (exact) mass is 260 g/mol. The Morgan fingerprint density at radius 2 is 1.61 bits per heavy atom. The minimum absolute atomic E-state index is 0.439. The van der Waals surface area contributed by atoms with Crippen molar-refractivity contribution in [3.8, 4) is 5.75 Å². The van der Waals surface area contributed by atoms with Crippen LogP contribution in [-0.2, 0) is 5.75 Å². The average molecular weight is 260 g/mol. The summed E-state index contributed by atoms with van der Waals surface area (Å²) < 4.78 is 4.73. The van der Waals surface area contributed by atoms with Crippen molar-refractivity contribution in [2.24, 2.45) is 0 Å². The maximum atomic E-state index is 8.66. The lowest BCUT2D eigenvalue weighted by atomic mass is 10.2. The molecule has 0 heterocycles. The lowest BCUT2D eigenvalue weighted by Crippen LogP contribution is -2.20. The molecule has 0 saturated heterocycles. The highest BCUT2D eigenvalue weighted by Crippen LogP contribution is 2.24. The first kappa shape index (κ1) is 13.0. The van der Waals surface area contributed by atoms with Crippen LogP contribution in [0.5, 0.6) is 5.75 Å². The van der Waals surface area contributed by atoms with Crippen molar-refractivity contribution in [2.75, 3.05) is 0 Å². The van der Waals surface area contributed by atoms with Gasteiger partial charge in [-0.3, -0.25) is 0 Å². The number of rotatable bonds is 5. The number of benzene rings is 2. The molecule has 2 rings (SSSR count). The van der Waals surface area contributed by atoms with Crippen LogP contribution < -0.4 is 4.65 Å². The van der Waals surface area contributed by atoms with Gasteiger partial charge in [-0.2, -0.15) is 0 Å². The Kier molecular flexibility index (Phi) is 4.69. The van der Waals surface area contributed by atoms with Gasteiger partial charge in [0.15, 0.2) is 0 Å². The molecule has 92 valence electrons. The van der Waals surface area contributed by atoms with Crippen molar-refractivity contribution in [2.45, 2.75) is 10.6 Å². The molecule has 2 N–H and O–H groups in total. The fraction of sp³-hybridized carbons (Fsp3) is 0.0769. The fourth-order valence-corrected chi connectivity index (χ4v) is 2.33. The summed E-state index contributed by atoms with van der Waals surface area (Å²) >= 11 is 1.72. The summed E-state index contributed by atoms with van der Waals surface area (Å²) in [4.78, 5) is 1.11. The van der Waals surface area contributed by atoms with Gasteiger partial charge in [0.1, 0.15) is 5.75 Å². The maximum absolute atomic E-state index is 8.66. The second-order valence-corrected chi connectivity index (χ2v) is 4.74. The number of thioether (sulfide) groups is 1. The van der Waals surface area contributed by atoms with E-state index in [1.807, 2.05) is 30.3 Å². The first-order valence-corrected chi connectivity index (χ1v) is 6.52. The normalized spacial score (nSPS) is 10.1. The van der Waals surface area contributed by atoms with Crippen LogP contribution in [0.15, 0.2) is 59.5 Å². The smallest absolute Gasteiger partial charge is 0.512 e. The van der Waals surface area contributed by atoms with Gasteiger partial charge in [-0.15, -0.1) is 11.8 Å². The van der Waals surface area contributed by atoms with Gasteiger partial charge in [0.2, 0.25) is 0 Å². The van der Waals surface area contributed by atoms with Crippen LogP contribution in [-0.4, -0.2) is 17.4 Å². The van der Waals surface area contributed by atoms with Crippen molar-refractivity contribution in [1.29, 1.82) is 0 Å². The van der Waals surface area contributed by atoms with Crippen LogP contribution in [0, 0.1) is 0 Å². The SMILES string of the molecule is OB(O)Oc1ccc(SCc2ccccc2)cc1. The zero-order valence-corrected chi connectivity index (χ0v) is 10.5. The van der Waals surface area contributed by atoms with Gasteiger partial charge in [-0.05, 0) is 29.8 Å². The van der Waals surface area contributed by atoms with Crippen LogP contribution >= 0.6 is 11.8 Å². The van der Waals surface area contributed by atoms with Crippen molar-refractivity contribution < 1.29 is 14.7 Å². The lowest BCUT2D eigenvalue weighted by molar-refractivity contribution is 0.288. The minimum atomic E-state index is -1.77. The zero-order chi connectivity index (χ0) is 12.8. The second-order valence-electron chi connectivity index (χ2n) is 3.69. The Labute approximate surface area is 111 Å². The van der Waals surface area contributed by atoms with E-state index in [0.29, 0.717) is 5.75 Å². The van der Waals surface area contributed by atoms with E-state index in [1.54, 1.807) is 23.9 Å². The van der Waals surface area contributed by atoms with E-state index >= 15 is 0 Å². The molecule has 0 unspecified atom stereocenters. The van der Waals surface area contributed by atoms with Crippen molar-refractivity contribution in [3.63, 3.8) is 0 Å². The van der Waals surface area contributed by atoms with E-state index in [9.17, 15) is 0 Å². The van der Waals surface area contributed by atoms with Crippen molar-refractivity contribution >= 4 is 19.1 Å². The quantitative estimate of drug-likeness (QED) is 0.640. The van der Waals surface area contributed by atoms with E-state index in [0.717, 1.165) is 10.6 Å². The molecular formula is C13H13BO3S. The third kappa shape index (κ3) is 4.11. The molecule has 2 aromatic carbocycles. The molecule has 3 nitrogen and oxygen atoms in total. The Morgan fingerprint density at radius 1 is 0.944 bits per heavy atom. The van der Waals surface area contributed by atoms with E-state index in [2.05, 4.69) is 12.1 Å². The molecule has 0 spiro atoms. The molecule has 0 atom stereocenters. The van der Waals surface area contributed by atoms with Gasteiger partial charge < -0.3 is 14.7 Å². The first-order valence-electron chi connectivity index (χ1n) is 5.53. The van der Waals surface area contributed by atoms with Gasteiger partial charge in [-0.25, -0.2) is 0 Å². The third-order valence-electron chi connectivity index (χ3n) is 2.31. The van der Waals surface area contributed by atoms with Gasteiger partial charge in [-0.1, -0.05) is 30.3 Å². The molecular weight excluding hydrogens is 247 g/mol.